The molecule has 21 heavy (non-hydrogen) atoms. The van der Waals surface area contributed by atoms with Crippen molar-refractivity contribution in [1.29, 1.82) is 0 Å². The molecule has 3 heteroatoms. The first-order valence-electron chi connectivity index (χ1n) is 7.72. The number of aromatic nitrogens is 1. The van der Waals surface area contributed by atoms with Gasteiger partial charge in [-0.15, -0.1) is 0 Å². The van der Waals surface area contributed by atoms with Gasteiger partial charge in [0.2, 0.25) is 0 Å². The van der Waals surface area contributed by atoms with Crippen LogP contribution < -0.4 is 5.32 Å². The first-order chi connectivity index (χ1) is 10.3. The second-order valence-electron chi connectivity index (χ2n) is 5.69. The first kappa shape index (κ1) is 14.2. The minimum absolute atomic E-state index is 0.0237. The van der Waals surface area contributed by atoms with Crippen molar-refractivity contribution in [2.24, 2.45) is 0 Å². The summed E-state index contributed by atoms with van der Waals surface area (Å²) in [5.41, 5.74) is 3.49. The smallest absolute Gasteiger partial charge is 0.141 e. The third kappa shape index (κ3) is 3.13. The van der Waals surface area contributed by atoms with Crippen molar-refractivity contribution in [3.8, 4) is 0 Å². The average molecular weight is 284 g/mol. The molecule has 0 amide bonds. The van der Waals surface area contributed by atoms with Crippen LogP contribution in [-0.2, 0) is 0 Å². The monoisotopic (exact) mass is 284 g/mol. The highest BCUT2D eigenvalue weighted by molar-refractivity contribution is 5.33. The minimum Gasteiger partial charge on any atom is -0.305 e. The van der Waals surface area contributed by atoms with Gasteiger partial charge in [-0.3, -0.25) is 4.98 Å². The summed E-state index contributed by atoms with van der Waals surface area (Å²) in [5, 5.41) is 3.45. The van der Waals surface area contributed by atoms with E-state index in [1.165, 1.54) is 42.7 Å². The van der Waals surface area contributed by atoms with Crippen LogP contribution in [0.15, 0.2) is 42.6 Å². The molecule has 0 bridgehead atoms. The lowest BCUT2D eigenvalue weighted by molar-refractivity contribution is 0.419. The lowest BCUT2D eigenvalue weighted by Gasteiger charge is -2.27. The summed E-state index contributed by atoms with van der Waals surface area (Å²) in [6, 6.07) is 12.0. The van der Waals surface area contributed by atoms with Gasteiger partial charge < -0.3 is 5.32 Å². The predicted molar refractivity (Wildman–Crippen MR) is 82.7 cm³/mol. The van der Waals surface area contributed by atoms with Gasteiger partial charge in [-0.05, 0) is 48.6 Å². The van der Waals surface area contributed by atoms with Crippen LogP contribution in [0.2, 0.25) is 0 Å². The minimum atomic E-state index is -0.294. The molecule has 1 fully saturated rings. The van der Waals surface area contributed by atoms with E-state index in [4.69, 9.17) is 0 Å². The van der Waals surface area contributed by atoms with Gasteiger partial charge in [-0.2, -0.15) is 0 Å². The van der Waals surface area contributed by atoms with E-state index in [1.54, 1.807) is 6.07 Å². The molecule has 0 aliphatic heterocycles. The Morgan fingerprint density at radius 1 is 1.29 bits per heavy atom. The molecule has 1 unspecified atom stereocenters. The maximum atomic E-state index is 13.1. The molecule has 0 saturated heterocycles. The second-order valence-corrected chi connectivity index (χ2v) is 5.69. The molecule has 1 aliphatic carbocycles. The highest BCUT2D eigenvalue weighted by Crippen LogP contribution is 2.37. The number of nitrogens with one attached hydrogen (secondary N) is 1. The number of hydrogen-bond donors (Lipinski definition) is 1. The zero-order chi connectivity index (χ0) is 14.7. The summed E-state index contributed by atoms with van der Waals surface area (Å²) < 4.78 is 13.1. The molecule has 3 rings (SSSR count). The SMILES string of the molecule is CCNC(c1cccc(C2CCC2)c1)c1ccc(F)cn1. The Morgan fingerprint density at radius 3 is 2.76 bits per heavy atom. The molecule has 0 spiro atoms. The van der Waals surface area contributed by atoms with E-state index >= 15 is 0 Å². The lowest BCUT2D eigenvalue weighted by Crippen LogP contribution is -2.23. The van der Waals surface area contributed by atoms with Crippen LogP contribution in [0.1, 0.15) is 55.0 Å². The summed E-state index contributed by atoms with van der Waals surface area (Å²) in [6.07, 6.45) is 5.22. The molecule has 2 aromatic rings. The summed E-state index contributed by atoms with van der Waals surface area (Å²) in [7, 11) is 0. The van der Waals surface area contributed by atoms with Gasteiger partial charge in [-0.1, -0.05) is 37.6 Å². The van der Waals surface area contributed by atoms with Crippen LogP contribution in [0.4, 0.5) is 4.39 Å². The van der Waals surface area contributed by atoms with Crippen LogP contribution in [0.5, 0.6) is 0 Å². The highest BCUT2D eigenvalue weighted by Gasteiger charge is 2.21. The Hall–Kier alpha value is -1.74. The van der Waals surface area contributed by atoms with Crippen molar-refractivity contribution in [1.82, 2.24) is 10.3 Å². The Bertz CT molecular complexity index is 590. The number of pyridine rings is 1. The molecule has 1 aliphatic rings. The van der Waals surface area contributed by atoms with Crippen molar-refractivity contribution in [3.63, 3.8) is 0 Å². The van der Waals surface area contributed by atoms with Crippen LogP contribution in [0, 0.1) is 5.82 Å². The van der Waals surface area contributed by atoms with Gasteiger partial charge in [0.25, 0.3) is 0 Å². The van der Waals surface area contributed by atoms with Gasteiger partial charge in [0.15, 0.2) is 0 Å². The third-order valence-electron chi connectivity index (χ3n) is 4.27. The van der Waals surface area contributed by atoms with Crippen LogP contribution in [-0.4, -0.2) is 11.5 Å². The zero-order valence-electron chi connectivity index (χ0n) is 12.3. The van der Waals surface area contributed by atoms with Crippen LogP contribution in [0.3, 0.4) is 0 Å². The Balaban J connectivity index is 1.91. The van der Waals surface area contributed by atoms with Gasteiger partial charge in [0.1, 0.15) is 5.82 Å². The second kappa shape index (κ2) is 6.35. The molecule has 1 aromatic heterocycles. The number of nitrogens with zero attached hydrogens (tertiary/aromatic N) is 1. The topological polar surface area (TPSA) is 24.9 Å². The third-order valence-corrected chi connectivity index (χ3v) is 4.27. The lowest BCUT2D eigenvalue weighted by atomic mass is 9.79. The fourth-order valence-corrected chi connectivity index (χ4v) is 2.89. The van der Waals surface area contributed by atoms with E-state index in [0.717, 1.165) is 12.2 Å². The average Bonchev–Trinajstić information content (AvgIpc) is 2.44. The van der Waals surface area contributed by atoms with Gasteiger partial charge in [0.05, 0.1) is 17.9 Å². The fourth-order valence-electron chi connectivity index (χ4n) is 2.89. The van der Waals surface area contributed by atoms with Crippen LogP contribution in [0.25, 0.3) is 0 Å². The first-order valence-corrected chi connectivity index (χ1v) is 7.72. The van der Waals surface area contributed by atoms with Crippen molar-refractivity contribution in [2.75, 3.05) is 6.54 Å². The molecule has 1 atom stereocenters. The molecule has 1 aromatic carbocycles. The fraction of sp³-hybridized carbons (Fsp3) is 0.389. The molecule has 0 radical (unpaired) electrons. The van der Waals surface area contributed by atoms with Crippen molar-refractivity contribution < 1.29 is 4.39 Å². The van der Waals surface area contributed by atoms with E-state index in [1.807, 2.05) is 0 Å². The summed E-state index contributed by atoms with van der Waals surface area (Å²) in [4.78, 5) is 4.24. The van der Waals surface area contributed by atoms with E-state index in [9.17, 15) is 4.39 Å². The van der Waals surface area contributed by atoms with E-state index in [2.05, 4.69) is 41.5 Å². The molecule has 110 valence electrons. The van der Waals surface area contributed by atoms with E-state index in [-0.39, 0.29) is 11.9 Å². The number of benzene rings is 1. The largest absolute Gasteiger partial charge is 0.305 e. The summed E-state index contributed by atoms with van der Waals surface area (Å²) in [6.45, 7) is 2.92. The predicted octanol–water partition coefficient (Wildman–Crippen LogP) is 4.19. The maximum absolute atomic E-state index is 13.1. The van der Waals surface area contributed by atoms with Gasteiger partial charge in [-0.25, -0.2) is 4.39 Å². The number of halogens is 1. The van der Waals surface area contributed by atoms with Gasteiger partial charge >= 0.3 is 0 Å². The quantitative estimate of drug-likeness (QED) is 0.890. The molecular formula is C18H21FN2. The van der Waals surface area contributed by atoms with E-state index < -0.39 is 0 Å². The molecule has 1 heterocycles. The Morgan fingerprint density at radius 2 is 2.14 bits per heavy atom. The standard InChI is InChI=1S/C18H21FN2/c1-2-20-18(17-10-9-16(19)12-21-17)15-8-4-7-14(11-15)13-5-3-6-13/h4,7-13,18,20H,2-3,5-6H2,1H3. The molecule has 1 N–H and O–H groups in total. The Labute approximate surface area is 125 Å². The zero-order valence-corrected chi connectivity index (χ0v) is 12.3. The summed E-state index contributed by atoms with van der Waals surface area (Å²) in [5.74, 6) is 0.422. The van der Waals surface area contributed by atoms with Crippen LogP contribution >= 0.6 is 0 Å². The number of rotatable bonds is 5. The maximum Gasteiger partial charge on any atom is 0.141 e. The van der Waals surface area contributed by atoms with Gasteiger partial charge in [0, 0.05) is 0 Å². The molecular weight excluding hydrogens is 263 g/mol. The molecule has 2 nitrogen and oxygen atoms in total. The number of hydrogen-bond acceptors (Lipinski definition) is 2. The molecule has 1 saturated carbocycles. The van der Waals surface area contributed by atoms with Crippen molar-refractivity contribution in [3.05, 3.63) is 65.2 Å². The Kier molecular flexibility index (Phi) is 4.30. The normalized spacial score (nSPS) is 16.5. The van der Waals surface area contributed by atoms with Crippen molar-refractivity contribution in [2.45, 2.75) is 38.1 Å². The summed E-state index contributed by atoms with van der Waals surface area (Å²) >= 11 is 0. The highest BCUT2D eigenvalue weighted by atomic mass is 19.1. The van der Waals surface area contributed by atoms with Crippen molar-refractivity contribution >= 4 is 0 Å². The van der Waals surface area contributed by atoms with E-state index in [0.29, 0.717) is 5.92 Å².